The van der Waals surface area contributed by atoms with Crippen molar-refractivity contribution in [3.63, 3.8) is 0 Å². The average Bonchev–Trinajstić information content (AvgIpc) is 3.10. The third-order valence-corrected chi connectivity index (χ3v) is 5.78. The third kappa shape index (κ3) is 3.11. The van der Waals surface area contributed by atoms with Gasteiger partial charge in [-0.05, 0) is 50.2 Å². The first kappa shape index (κ1) is 16.4. The maximum absolute atomic E-state index is 13.9. The van der Waals surface area contributed by atoms with Crippen LogP contribution in [0, 0.1) is 17.6 Å². The zero-order valence-corrected chi connectivity index (χ0v) is 14.5. The van der Waals surface area contributed by atoms with E-state index in [0.717, 1.165) is 37.4 Å². The number of halogens is 2. The number of carbonyl (C=O) groups is 1. The molecule has 1 atom stereocenters. The molecular weight excluding hydrogens is 342 g/mol. The quantitative estimate of drug-likeness (QED) is 0.754. The normalized spacial score (nSPS) is 20.2. The number of carbonyl (C=O) groups excluding carboxylic acids is 1. The van der Waals surface area contributed by atoms with Gasteiger partial charge in [-0.3, -0.25) is 4.79 Å². The molecule has 0 spiro atoms. The highest BCUT2D eigenvalue weighted by Crippen LogP contribution is 2.36. The van der Waals surface area contributed by atoms with Crippen LogP contribution in [0.4, 0.5) is 8.78 Å². The monoisotopic (exact) mass is 360 g/mol. The average molecular weight is 360 g/mol. The zero-order chi connectivity index (χ0) is 17.4. The van der Waals surface area contributed by atoms with Crippen LogP contribution in [0.15, 0.2) is 35.4 Å². The van der Waals surface area contributed by atoms with E-state index in [1.54, 1.807) is 5.38 Å². The molecule has 0 bridgehead atoms. The lowest BCUT2D eigenvalue weighted by molar-refractivity contribution is 0.0744. The molecule has 1 fully saturated rings. The fourth-order valence-electron chi connectivity index (χ4n) is 3.69. The number of likely N-dealkylation sites (tertiary alicyclic amines) is 1. The van der Waals surface area contributed by atoms with Gasteiger partial charge in [0.25, 0.3) is 5.91 Å². The summed E-state index contributed by atoms with van der Waals surface area (Å²) in [5.74, 6) is -0.943. The number of amides is 1. The molecule has 1 aromatic heterocycles. The molecule has 1 aliphatic carbocycles. The molecule has 4 rings (SSSR count). The standard InChI is InChI=1S/C19H18F2N2OS/c20-13-7-8-14(15(21)10-13)18-22-16(11-25-18)19(24)23-9-3-5-12-4-1-2-6-17(12)23/h6-8,10-12H,1-5,9H2. The van der Waals surface area contributed by atoms with Crippen LogP contribution in [0.3, 0.4) is 0 Å². The summed E-state index contributed by atoms with van der Waals surface area (Å²) in [7, 11) is 0. The van der Waals surface area contributed by atoms with Gasteiger partial charge < -0.3 is 4.90 Å². The number of piperidine rings is 1. The van der Waals surface area contributed by atoms with Crippen molar-refractivity contribution in [3.8, 4) is 10.6 Å². The second-order valence-corrected chi connectivity index (χ2v) is 7.38. The molecular formula is C19H18F2N2OS. The van der Waals surface area contributed by atoms with E-state index in [2.05, 4.69) is 11.1 Å². The van der Waals surface area contributed by atoms with Crippen LogP contribution < -0.4 is 0 Å². The molecule has 2 aromatic rings. The summed E-state index contributed by atoms with van der Waals surface area (Å²) < 4.78 is 27.0. The van der Waals surface area contributed by atoms with Crippen molar-refractivity contribution >= 4 is 17.2 Å². The lowest BCUT2D eigenvalue weighted by atomic mass is 9.85. The second kappa shape index (κ2) is 6.67. The van der Waals surface area contributed by atoms with Crippen molar-refractivity contribution in [1.29, 1.82) is 0 Å². The molecule has 2 aliphatic rings. The van der Waals surface area contributed by atoms with Crippen molar-refractivity contribution in [2.45, 2.75) is 32.1 Å². The van der Waals surface area contributed by atoms with Gasteiger partial charge in [0, 0.05) is 29.3 Å². The van der Waals surface area contributed by atoms with Crippen molar-refractivity contribution in [3.05, 3.63) is 52.7 Å². The van der Waals surface area contributed by atoms with Crippen molar-refractivity contribution in [1.82, 2.24) is 9.88 Å². The van der Waals surface area contributed by atoms with Crippen molar-refractivity contribution < 1.29 is 13.6 Å². The topological polar surface area (TPSA) is 33.2 Å². The van der Waals surface area contributed by atoms with Gasteiger partial charge in [0.05, 0.1) is 0 Å². The minimum Gasteiger partial charge on any atom is -0.311 e. The van der Waals surface area contributed by atoms with Crippen LogP contribution in [0.1, 0.15) is 42.6 Å². The zero-order valence-electron chi connectivity index (χ0n) is 13.7. The van der Waals surface area contributed by atoms with Gasteiger partial charge >= 0.3 is 0 Å². The first-order valence-corrected chi connectivity index (χ1v) is 9.44. The molecule has 1 unspecified atom stereocenters. The van der Waals surface area contributed by atoms with Crippen LogP contribution in [0.25, 0.3) is 10.6 Å². The van der Waals surface area contributed by atoms with Crippen LogP contribution >= 0.6 is 11.3 Å². The summed E-state index contributed by atoms with van der Waals surface area (Å²) in [5.41, 5.74) is 1.68. The second-order valence-electron chi connectivity index (χ2n) is 6.52. The Morgan fingerprint density at radius 3 is 2.92 bits per heavy atom. The molecule has 0 saturated carbocycles. The molecule has 2 heterocycles. The number of hydrogen-bond acceptors (Lipinski definition) is 3. The smallest absolute Gasteiger partial charge is 0.277 e. The van der Waals surface area contributed by atoms with Crippen molar-refractivity contribution in [2.24, 2.45) is 5.92 Å². The molecule has 1 aliphatic heterocycles. The fraction of sp³-hybridized carbons (Fsp3) is 0.368. The molecule has 1 saturated heterocycles. The molecule has 25 heavy (non-hydrogen) atoms. The summed E-state index contributed by atoms with van der Waals surface area (Å²) >= 11 is 1.20. The van der Waals surface area contributed by atoms with Gasteiger partial charge in [-0.15, -0.1) is 11.3 Å². The Kier molecular flexibility index (Phi) is 4.37. The predicted molar refractivity (Wildman–Crippen MR) is 93.2 cm³/mol. The van der Waals surface area contributed by atoms with E-state index in [1.165, 1.54) is 29.9 Å². The number of thiazole rings is 1. The minimum atomic E-state index is -0.665. The highest BCUT2D eigenvalue weighted by Gasteiger charge is 2.31. The molecule has 1 amide bonds. The SMILES string of the molecule is O=C(c1csc(-c2ccc(F)cc2F)n1)N1CCCC2CCCC=C21. The Balaban J connectivity index is 1.61. The number of benzene rings is 1. The van der Waals surface area contributed by atoms with Gasteiger partial charge in [-0.2, -0.15) is 0 Å². The number of fused-ring (bicyclic) bond motifs is 1. The molecule has 1 aromatic carbocycles. The first-order valence-electron chi connectivity index (χ1n) is 8.56. The minimum absolute atomic E-state index is 0.122. The summed E-state index contributed by atoms with van der Waals surface area (Å²) in [6.45, 7) is 0.707. The maximum atomic E-state index is 13.9. The number of hydrogen-bond donors (Lipinski definition) is 0. The summed E-state index contributed by atoms with van der Waals surface area (Å²) in [6.07, 6.45) is 7.65. The largest absolute Gasteiger partial charge is 0.311 e. The Labute approximate surface area is 149 Å². The lowest BCUT2D eigenvalue weighted by Gasteiger charge is -2.37. The first-order chi connectivity index (χ1) is 12.1. The summed E-state index contributed by atoms with van der Waals surface area (Å²) in [6, 6.07) is 3.39. The molecule has 3 nitrogen and oxygen atoms in total. The van der Waals surface area contributed by atoms with E-state index in [9.17, 15) is 13.6 Å². The van der Waals surface area contributed by atoms with E-state index in [-0.39, 0.29) is 11.5 Å². The van der Waals surface area contributed by atoms with Crippen LogP contribution in [0.5, 0.6) is 0 Å². The van der Waals surface area contributed by atoms with Gasteiger partial charge in [-0.1, -0.05) is 6.08 Å². The number of rotatable bonds is 2. The van der Waals surface area contributed by atoms with Crippen LogP contribution in [0.2, 0.25) is 0 Å². The van der Waals surface area contributed by atoms with Gasteiger partial charge in [-0.25, -0.2) is 13.8 Å². The highest BCUT2D eigenvalue weighted by atomic mass is 32.1. The highest BCUT2D eigenvalue weighted by molar-refractivity contribution is 7.13. The van der Waals surface area contributed by atoms with E-state index in [1.807, 2.05) is 4.90 Å². The van der Waals surface area contributed by atoms with Gasteiger partial charge in [0.2, 0.25) is 0 Å². The molecule has 0 radical (unpaired) electrons. The Bertz CT molecular complexity index is 846. The Hall–Kier alpha value is -2.08. The number of allylic oxidation sites excluding steroid dienone is 2. The number of aromatic nitrogens is 1. The number of nitrogens with zero attached hydrogens (tertiary/aromatic N) is 2. The van der Waals surface area contributed by atoms with E-state index < -0.39 is 11.6 Å². The summed E-state index contributed by atoms with van der Waals surface area (Å²) in [4.78, 5) is 19.1. The Morgan fingerprint density at radius 2 is 2.08 bits per heavy atom. The van der Waals surface area contributed by atoms with Crippen LogP contribution in [-0.4, -0.2) is 22.3 Å². The van der Waals surface area contributed by atoms with Gasteiger partial charge in [0.15, 0.2) is 0 Å². The van der Waals surface area contributed by atoms with E-state index in [0.29, 0.717) is 23.2 Å². The summed E-state index contributed by atoms with van der Waals surface area (Å²) in [5, 5.41) is 2.06. The molecule has 130 valence electrons. The predicted octanol–water partition coefficient (Wildman–Crippen LogP) is 5.01. The van der Waals surface area contributed by atoms with Crippen LogP contribution in [-0.2, 0) is 0 Å². The lowest BCUT2D eigenvalue weighted by Crippen LogP contribution is -2.39. The maximum Gasteiger partial charge on any atom is 0.277 e. The van der Waals surface area contributed by atoms with E-state index in [4.69, 9.17) is 0 Å². The molecule has 6 heteroatoms. The Morgan fingerprint density at radius 1 is 1.24 bits per heavy atom. The molecule has 0 N–H and O–H groups in total. The van der Waals surface area contributed by atoms with E-state index >= 15 is 0 Å². The van der Waals surface area contributed by atoms with Gasteiger partial charge in [0.1, 0.15) is 22.3 Å². The fourth-order valence-corrected chi connectivity index (χ4v) is 4.51. The van der Waals surface area contributed by atoms with Crippen molar-refractivity contribution in [2.75, 3.05) is 6.54 Å². The third-order valence-electron chi connectivity index (χ3n) is 4.90.